The molecule has 3 aromatic rings. The molecule has 0 spiro atoms. The molecule has 0 radical (unpaired) electrons. The zero-order valence-electron chi connectivity index (χ0n) is 17.7. The van der Waals surface area contributed by atoms with Gasteiger partial charge in [-0.3, -0.25) is 14.2 Å². The summed E-state index contributed by atoms with van der Waals surface area (Å²) in [5, 5.41) is 4.63. The highest BCUT2D eigenvalue weighted by molar-refractivity contribution is 5.75. The molecule has 3 heterocycles. The van der Waals surface area contributed by atoms with Gasteiger partial charge in [0.1, 0.15) is 6.54 Å². The van der Waals surface area contributed by atoms with Crippen molar-refractivity contribution < 1.29 is 9.53 Å². The third-order valence-corrected chi connectivity index (χ3v) is 4.94. The third-order valence-electron chi connectivity index (χ3n) is 4.94. The average molecular weight is 417 g/mol. The Bertz CT molecular complexity index is 1200. The van der Waals surface area contributed by atoms with Gasteiger partial charge in [0, 0.05) is 25.9 Å². The molecule has 162 valence electrons. The highest BCUT2D eigenvalue weighted by atomic mass is 16.5. The topological polar surface area (TPSA) is 132 Å². The van der Waals surface area contributed by atoms with Crippen molar-refractivity contribution in [2.24, 2.45) is 12.8 Å². The summed E-state index contributed by atoms with van der Waals surface area (Å²) >= 11 is 0. The van der Waals surface area contributed by atoms with Gasteiger partial charge >= 0.3 is 5.69 Å². The number of nitrogens with zero attached hydrogens (tertiary/aromatic N) is 6. The molecule has 0 aliphatic heterocycles. The van der Waals surface area contributed by atoms with Gasteiger partial charge in [0.15, 0.2) is 11.2 Å². The quantitative estimate of drug-likeness (QED) is 0.477. The molecule has 0 atom stereocenters. The number of carbonyl (C=O) groups excluding carboxylic acids is 1. The zero-order valence-corrected chi connectivity index (χ0v) is 17.7. The second-order valence-corrected chi connectivity index (χ2v) is 6.88. The molecule has 0 unspecified atom stereocenters. The maximum Gasteiger partial charge on any atom is 0.332 e. The minimum atomic E-state index is -0.776. The van der Waals surface area contributed by atoms with Crippen LogP contribution >= 0.6 is 0 Å². The number of nitrogens with two attached hydrogens (primary N) is 1. The van der Waals surface area contributed by atoms with Crippen molar-refractivity contribution in [2.45, 2.75) is 46.7 Å². The lowest BCUT2D eigenvalue weighted by Gasteiger charge is -2.11. The van der Waals surface area contributed by atoms with Crippen molar-refractivity contribution in [2.75, 3.05) is 13.2 Å². The van der Waals surface area contributed by atoms with E-state index in [1.165, 1.54) is 11.6 Å². The Morgan fingerprint density at radius 3 is 2.50 bits per heavy atom. The highest BCUT2D eigenvalue weighted by Crippen LogP contribution is 2.18. The van der Waals surface area contributed by atoms with Gasteiger partial charge < -0.3 is 15.0 Å². The van der Waals surface area contributed by atoms with Crippen LogP contribution in [0.3, 0.4) is 0 Å². The van der Waals surface area contributed by atoms with Crippen LogP contribution in [0, 0.1) is 0 Å². The predicted octanol–water partition coefficient (Wildman–Crippen LogP) is -0.271. The summed E-state index contributed by atoms with van der Waals surface area (Å²) in [6.07, 6.45) is 1.47. The summed E-state index contributed by atoms with van der Waals surface area (Å²) in [4.78, 5) is 41.8. The molecule has 3 rings (SSSR count). The molecule has 0 saturated heterocycles. The molecule has 0 fully saturated rings. The Hall–Kier alpha value is -3.21. The number of ether oxygens (including phenoxy) is 1. The molecule has 3 aromatic heterocycles. The second kappa shape index (κ2) is 8.66. The summed E-state index contributed by atoms with van der Waals surface area (Å²) in [7, 11) is 1.51. The van der Waals surface area contributed by atoms with Crippen LogP contribution in [0.25, 0.3) is 17.1 Å². The molecule has 0 bridgehead atoms. The smallest absolute Gasteiger partial charge is 0.332 e. The Kier molecular flexibility index (Phi) is 6.20. The van der Waals surface area contributed by atoms with E-state index >= 15 is 0 Å². The first-order chi connectivity index (χ1) is 14.3. The molecule has 0 aliphatic rings. The van der Waals surface area contributed by atoms with Crippen LogP contribution in [0.4, 0.5) is 0 Å². The number of fused-ring (bicyclic) bond motifs is 1. The fourth-order valence-corrected chi connectivity index (χ4v) is 3.40. The average Bonchev–Trinajstić information content (AvgIpc) is 3.31. The van der Waals surface area contributed by atoms with Crippen LogP contribution in [0.5, 0.6) is 0 Å². The number of amides is 1. The third kappa shape index (κ3) is 3.67. The van der Waals surface area contributed by atoms with Gasteiger partial charge in [0.05, 0.1) is 12.3 Å². The normalized spacial score (nSPS) is 11.5. The second-order valence-electron chi connectivity index (χ2n) is 6.88. The molecule has 30 heavy (non-hydrogen) atoms. The van der Waals surface area contributed by atoms with Crippen molar-refractivity contribution in [3.8, 4) is 5.95 Å². The van der Waals surface area contributed by atoms with E-state index in [0.29, 0.717) is 32.1 Å². The molecular formula is C19H27N7O4. The van der Waals surface area contributed by atoms with Crippen molar-refractivity contribution in [1.82, 2.24) is 28.5 Å². The summed E-state index contributed by atoms with van der Waals surface area (Å²) in [5.74, 6) is -0.354. The van der Waals surface area contributed by atoms with Gasteiger partial charge in [-0.1, -0.05) is 13.8 Å². The number of rotatable bonds is 9. The van der Waals surface area contributed by atoms with E-state index in [9.17, 15) is 14.4 Å². The van der Waals surface area contributed by atoms with E-state index in [1.54, 1.807) is 9.25 Å². The molecule has 0 aliphatic carbocycles. The molecule has 1 amide bonds. The van der Waals surface area contributed by atoms with Crippen LogP contribution in [0.15, 0.2) is 15.7 Å². The van der Waals surface area contributed by atoms with Gasteiger partial charge in [-0.2, -0.15) is 10.1 Å². The standard InChI is InChI=1S/C19H27N7O4/c1-5-12-10-13(6-2)26(22-12)18-21-16-15(24(18)8-9-30-7-3)17(28)25(11-14(20)27)19(29)23(16)4/h10H,5-9,11H2,1-4H3,(H2,20,27). The Labute approximate surface area is 172 Å². The SMILES string of the molecule is CCOCCn1c(-n2nc(CC)cc2CC)nc2c1c(=O)n(CC(N)=O)c(=O)n2C. The number of imidazole rings is 1. The molecular weight excluding hydrogens is 390 g/mol. The number of hydrogen-bond donors (Lipinski definition) is 1. The lowest BCUT2D eigenvalue weighted by atomic mass is 10.3. The van der Waals surface area contributed by atoms with E-state index in [-0.39, 0.29) is 11.2 Å². The number of hydrogen-bond acceptors (Lipinski definition) is 6. The van der Waals surface area contributed by atoms with E-state index in [1.807, 2.05) is 26.8 Å². The van der Waals surface area contributed by atoms with E-state index in [0.717, 1.165) is 22.4 Å². The maximum atomic E-state index is 13.2. The van der Waals surface area contributed by atoms with Gasteiger partial charge in [0.25, 0.3) is 5.56 Å². The summed E-state index contributed by atoms with van der Waals surface area (Å²) in [6, 6.07) is 2.00. The van der Waals surface area contributed by atoms with Crippen LogP contribution in [-0.4, -0.2) is 47.6 Å². The van der Waals surface area contributed by atoms with Crippen LogP contribution in [-0.2, 0) is 42.5 Å². The first-order valence-corrected chi connectivity index (χ1v) is 9.98. The first-order valence-electron chi connectivity index (χ1n) is 9.98. The minimum Gasteiger partial charge on any atom is -0.380 e. The highest BCUT2D eigenvalue weighted by Gasteiger charge is 2.23. The van der Waals surface area contributed by atoms with Crippen LogP contribution in [0.1, 0.15) is 32.2 Å². The van der Waals surface area contributed by atoms with Crippen molar-refractivity contribution >= 4 is 17.1 Å². The Balaban J connectivity index is 2.36. The van der Waals surface area contributed by atoms with Gasteiger partial charge in [-0.15, -0.1) is 0 Å². The summed E-state index contributed by atoms with van der Waals surface area (Å²) < 4.78 is 11.0. The zero-order chi connectivity index (χ0) is 22.0. The van der Waals surface area contributed by atoms with Crippen molar-refractivity contribution in [1.29, 1.82) is 0 Å². The number of primary amides is 1. The number of carbonyl (C=O) groups is 1. The van der Waals surface area contributed by atoms with Crippen LogP contribution < -0.4 is 17.0 Å². The molecule has 0 saturated carbocycles. The van der Waals surface area contributed by atoms with Crippen molar-refractivity contribution in [3.63, 3.8) is 0 Å². The monoisotopic (exact) mass is 417 g/mol. The van der Waals surface area contributed by atoms with Gasteiger partial charge in [0.2, 0.25) is 11.9 Å². The molecule has 0 aromatic carbocycles. The Morgan fingerprint density at radius 2 is 1.90 bits per heavy atom. The fraction of sp³-hybridized carbons (Fsp3) is 0.526. The Morgan fingerprint density at radius 1 is 1.17 bits per heavy atom. The van der Waals surface area contributed by atoms with Gasteiger partial charge in [-0.25, -0.2) is 14.0 Å². The van der Waals surface area contributed by atoms with E-state index in [2.05, 4.69) is 10.1 Å². The lowest BCUT2D eigenvalue weighted by molar-refractivity contribution is -0.118. The number of aromatic nitrogens is 6. The number of aryl methyl sites for hydroxylation is 3. The van der Waals surface area contributed by atoms with E-state index < -0.39 is 23.7 Å². The largest absolute Gasteiger partial charge is 0.380 e. The predicted molar refractivity (Wildman–Crippen MR) is 111 cm³/mol. The fourth-order valence-electron chi connectivity index (χ4n) is 3.40. The maximum absolute atomic E-state index is 13.2. The summed E-state index contributed by atoms with van der Waals surface area (Å²) in [6.45, 7) is 6.59. The first kappa shape index (κ1) is 21.5. The minimum absolute atomic E-state index is 0.198. The van der Waals surface area contributed by atoms with E-state index in [4.69, 9.17) is 10.5 Å². The molecule has 11 heteroatoms. The van der Waals surface area contributed by atoms with Crippen molar-refractivity contribution in [3.05, 3.63) is 38.3 Å². The van der Waals surface area contributed by atoms with Gasteiger partial charge in [-0.05, 0) is 25.8 Å². The molecule has 11 nitrogen and oxygen atoms in total. The molecule has 2 N–H and O–H groups in total. The lowest BCUT2D eigenvalue weighted by Crippen LogP contribution is -2.42. The summed E-state index contributed by atoms with van der Waals surface area (Å²) in [5.41, 5.74) is 6.21. The van der Waals surface area contributed by atoms with Crippen LogP contribution in [0.2, 0.25) is 0 Å².